The van der Waals surface area contributed by atoms with E-state index in [4.69, 9.17) is 9.26 Å². The summed E-state index contributed by atoms with van der Waals surface area (Å²) < 4.78 is 10.8. The second-order valence-electron chi connectivity index (χ2n) is 7.10. The third-order valence-corrected chi connectivity index (χ3v) is 3.58. The van der Waals surface area contributed by atoms with Gasteiger partial charge in [-0.15, -0.1) is 0 Å². The van der Waals surface area contributed by atoms with Gasteiger partial charge in [-0.25, -0.2) is 0 Å². The minimum Gasteiger partial charge on any atom is -0.489 e. The van der Waals surface area contributed by atoms with E-state index < -0.39 is 0 Å². The van der Waals surface area contributed by atoms with E-state index in [1.165, 1.54) is 0 Å². The predicted octanol–water partition coefficient (Wildman–Crippen LogP) is 2.51. The molecule has 140 valence electrons. The average Bonchev–Trinajstić information content (AvgIpc) is 2.88. The second-order valence-corrected chi connectivity index (χ2v) is 7.10. The molecule has 1 aromatic carbocycles. The van der Waals surface area contributed by atoms with Crippen molar-refractivity contribution in [1.29, 1.82) is 0 Å². The van der Waals surface area contributed by atoms with Gasteiger partial charge in [-0.2, -0.15) is 0 Å². The highest BCUT2D eigenvalue weighted by molar-refractivity contribution is 5.96. The molecule has 0 spiro atoms. The van der Waals surface area contributed by atoms with Gasteiger partial charge in [0.05, 0.1) is 17.8 Å². The van der Waals surface area contributed by atoms with Crippen LogP contribution >= 0.6 is 0 Å². The van der Waals surface area contributed by atoms with E-state index in [1.54, 1.807) is 24.3 Å². The summed E-state index contributed by atoms with van der Waals surface area (Å²) in [5, 5.41) is 9.28. The van der Waals surface area contributed by atoms with Crippen LogP contribution in [0, 0.1) is 13.8 Å². The van der Waals surface area contributed by atoms with Crippen molar-refractivity contribution in [2.75, 3.05) is 6.54 Å². The summed E-state index contributed by atoms with van der Waals surface area (Å²) in [6.07, 6.45) is 0. The number of carbonyl (C=O) groups is 2. The van der Waals surface area contributed by atoms with E-state index in [-0.39, 0.29) is 23.9 Å². The lowest BCUT2D eigenvalue weighted by molar-refractivity contribution is -0.121. The van der Waals surface area contributed by atoms with Gasteiger partial charge in [-0.05, 0) is 52.8 Å². The largest absolute Gasteiger partial charge is 0.489 e. The fraction of sp³-hybridized carbons (Fsp3) is 0.421. The van der Waals surface area contributed by atoms with Crippen LogP contribution in [-0.4, -0.2) is 29.1 Å². The number of rotatable bonds is 6. The highest BCUT2D eigenvalue weighted by Crippen LogP contribution is 2.18. The first-order valence-electron chi connectivity index (χ1n) is 8.39. The lowest BCUT2D eigenvalue weighted by Gasteiger charge is -2.20. The molecule has 0 aliphatic rings. The van der Waals surface area contributed by atoms with Gasteiger partial charge in [0.2, 0.25) is 5.91 Å². The first-order chi connectivity index (χ1) is 12.2. The zero-order valence-electron chi connectivity index (χ0n) is 15.8. The smallest absolute Gasteiger partial charge is 0.251 e. The molecule has 2 amide bonds. The summed E-state index contributed by atoms with van der Waals surface area (Å²) in [5.41, 5.74) is 1.75. The minimum absolute atomic E-state index is 0.0831. The number of nitrogens with zero attached hydrogens (tertiary/aromatic N) is 1. The molecule has 0 atom stereocenters. The van der Waals surface area contributed by atoms with Crippen LogP contribution < -0.4 is 15.4 Å². The Bertz CT molecular complexity index is 771. The summed E-state index contributed by atoms with van der Waals surface area (Å²) >= 11 is 0. The molecule has 0 radical (unpaired) electrons. The molecular formula is C19H25N3O4. The molecule has 0 bridgehead atoms. The molecule has 2 aromatic rings. The SMILES string of the molecule is Cc1noc(C)c1COc1cccc(C(=O)NCC(=O)NC(C)(C)C)c1. The van der Waals surface area contributed by atoms with Gasteiger partial charge in [0, 0.05) is 11.1 Å². The van der Waals surface area contributed by atoms with Gasteiger partial charge in [0.15, 0.2) is 0 Å². The van der Waals surface area contributed by atoms with Gasteiger partial charge in [-0.1, -0.05) is 11.2 Å². The zero-order valence-corrected chi connectivity index (χ0v) is 15.8. The second kappa shape index (κ2) is 8.03. The summed E-state index contributed by atoms with van der Waals surface area (Å²) in [6, 6.07) is 6.79. The summed E-state index contributed by atoms with van der Waals surface area (Å²) in [5.74, 6) is 0.687. The molecule has 0 saturated carbocycles. The van der Waals surface area contributed by atoms with Crippen LogP contribution in [0.5, 0.6) is 5.75 Å². The molecule has 0 aliphatic heterocycles. The van der Waals surface area contributed by atoms with Crippen LogP contribution in [0.3, 0.4) is 0 Å². The van der Waals surface area contributed by atoms with E-state index in [0.717, 1.165) is 11.3 Å². The fourth-order valence-corrected chi connectivity index (χ4v) is 2.32. The molecule has 2 rings (SSSR count). The minimum atomic E-state index is -0.340. The Hall–Kier alpha value is -2.83. The van der Waals surface area contributed by atoms with Crippen LogP contribution in [0.1, 0.15) is 48.1 Å². The van der Waals surface area contributed by atoms with Crippen molar-refractivity contribution in [3.8, 4) is 5.75 Å². The number of nitrogens with one attached hydrogen (secondary N) is 2. The third-order valence-electron chi connectivity index (χ3n) is 3.58. The van der Waals surface area contributed by atoms with Crippen LogP contribution in [0.2, 0.25) is 0 Å². The topological polar surface area (TPSA) is 93.5 Å². The van der Waals surface area contributed by atoms with Crippen molar-refractivity contribution in [3.63, 3.8) is 0 Å². The third kappa shape index (κ3) is 5.61. The fourth-order valence-electron chi connectivity index (χ4n) is 2.32. The Morgan fingerprint density at radius 1 is 1.23 bits per heavy atom. The maximum atomic E-state index is 12.2. The predicted molar refractivity (Wildman–Crippen MR) is 97.0 cm³/mol. The van der Waals surface area contributed by atoms with Crippen molar-refractivity contribution in [2.45, 2.75) is 46.8 Å². The number of hydrogen-bond donors (Lipinski definition) is 2. The van der Waals surface area contributed by atoms with E-state index in [2.05, 4.69) is 15.8 Å². The molecule has 7 nitrogen and oxygen atoms in total. The molecule has 2 N–H and O–H groups in total. The van der Waals surface area contributed by atoms with E-state index in [0.29, 0.717) is 23.7 Å². The standard InChI is InChI=1S/C19H25N3O4/c1-12-16(13(2)26-22-12)11-25-15-8-6-7-14(9-15)18(24)20-10-17(23)21-19(3,4)5/h6-9H,10-11H2,1-5H3,(H,20,24)(H,21,23). The molecule has 0 unspecified atom stereocenters. The van der Waals surface area contributed by atoms with E-state index in [9.17, 15) is 9.59 Å². The van der Waals surface area contributed by atoms with Gasteiger partial charge in [0.1, 0.15) is 18.1 Å². The Morgan fingerprint density at radius 2 is 1.96 bits per heavy atom. The number of aromatic nitrogens is 1. The normalized spacial score (nSPS) is 11.1. The molecule has 1 aromatic heterocycles. The molecule has 0 fully saturated rings. The first kappa shape index (κ1) is 19.5. The molecule has 26 heavy (non-hydrogen) atoms. The van der Waals surface area contributed by atoms with Gasteiger partial charge < -0.3 is 19.9 Å². The molecule has 1 heterocycles. The maximum absolute atomic E-state index is 12.2. The number of hydrogen-bond acceptors (Lipinski definition) is 5. The van der Waals surface area contributed by atoms with Crippen molar-refractivity contribution in [3.05, 3.63) is 46.8 Å². The number of ether oxygens (including phenoxy) is 1. The Balaban J connectivity index is 1.93. The molecule has 7 heteroatoms. The average molecular weight is 359 g/mol. The first-order valence-corrected chi connectivity index (χ1v) is 8.39. The highest BCUT2D eigenvalue weighted by atomic mass is 16.5. The van der Waals surface area contributed by atoms with Crippen molar-refractivity contribution in [1.82, 2.24) is 15.8 Å². The van der Waals surface area contributed by atoms with Gasteiger partial charge in [0.25, 0.3) is 5.91 Å². The lowest BCUT2D eigenvalue weighted by atomic mass is 10.1. The van der Waals surface area contributed by atoms with Crippen LogP contribution in [0.25, 0.3) is 0 Å². The number of aryl methyl sites for hydroxylation is 2. The van der Waals surface area contributed by atoms with Gasteiger partial charge >= 0.3 is 0 Å². The highest BCUT2D eigenvalue weighted by Gasteiger charge is 2.15. The van der Waals surface area contributed by atoms with Crippen LogP contribution in [0.15, 0.2) is 28.8 Å². The van der Waals surface area contributed by atoms with Gasteiger partial charge in [-0.3, -0.25) is 9.59 Å². The monoisotopic (exact) mass is 359 g/mol. The van der Waals surface area contributed by atoms with Crippen LogP contribution in [-0.2, 0) is 11.4 Å². The molecular weight excluding hydrogens is 334 g/mol. The number of amides is 2. The van der Waals surface area contributed by atoms with Crippen molar-refractivity contribution >= 4 is 11.8 Å². The summed E-state index contributed by atoms with van der Waals surface area (Å²) in [6.45, 7) is 9.54. The number of carbonyl (C=O) groups excluding carboxylic acids is 2. The summed E-state index contributed by atoms with van der Waals surface area (Å²) in [7, 11) is 0. The zero-order chi connectivity index (χ0) is 19.3. The quantitative estimate of drug-likeness (QED) is 0.827. The molecule has 0 saturated heterocycles. The van der Waals surface area contributed by atoms with Crippen molar-refractivity contribution in [2.24, 2.45) is 0 Å². The van der Waals surface area contributed by atoms with Crippen LogP contribution in [0.4, 0.5) is 0 Å². The van der Waals surface area contributed by atoms with E-state index >= 15 is 0 Å². The Labute approximate surface area is 153 Å². The van der Waals surface area contributed by atoms with E-state index in [1.807, 2.05) is 34.6 Å². The number of benzene rings is 1. The lowest BCUT2D eigenvalue weighted by Crippen LogP contribution is -2.45. The maximum Gasteiger partial charge on any atom is 0.251 e. The van der Waals surface area contributed by atoms with Crippen molar-refractivity contribution < 1.29 is 18.8 Å². The molecule has 0 aliphatic carbocycles. The Morgan fingerprint density at radius 3 is 2.58 bits per heavy atom. The summed E-state index contributed by atoms with van der Waals surface area (Å²) in [4.78, 5) is 24.0. The Kier molecular flexibility index (Phi) is 6.02.